The number of carbonyl (C=O) groups excluding carboxylic acids is 2. The Bertz CT molecular complexity index is 650. The van der Waals surface area contributed by atoms with Gasteiger partial charge in [0, 0.05) is 23.3 Å². The van der Waals surface area contributed by atoms with E-state index in [1.54, 1.807) is 20.8 Å². The maximum atomic E-state index is 11.4. The molecule has 0 atom stereocenters. The van der Waals surface area contributed by atoms with E-state index in [1.807, 2.05) is 0 Å². The minimum absolute atomic E-state index is 0.0319. The van der Waals surface area contributed by atoms with Gasteiger partial charge in [-0.05, 0) is 26.8 Å². The van der Waals surface area contributed by atoms with E-state index in [2.05, 4.69) is 17.2 Å². The summed E-state index contributed by atoms with van der Waals surface area (Å²) in [6.45, 7) is 5.26. The molecule has 0 radical (unpaired) electrons. The van der Waals surface area contributed by atoms with Crippen molar-refractivity contribution in [1.29, 1.82) is 0 Å². The zero-order valence-electron chi connectivity index (χ0n) is 12.5. The van der Waals surface area contributed by atoms with Gasteiger partial charge in [-0.15, -0.1) is 0 Å². The molecule has 116 valence electrons. The van der Waals surface area contributed by atoms with Crippen molar-refractivity contribution >= 4 is 18.1 Å². The highest BCUT2D eigenvalue weighted by molar-refractivity contribution is 5.80. The summed E-state index contributed by atoms with van der Waals surface area (Å²) in [6, 6.07) is 3.80. The van der Waals surface area contributed by atoms with Crippen molar-refractivity contribution in [3.8, 4) is 11.8 Å². The molecule has 0 bridgehead atoms. The molecule has 0 saturated carbocycles. The van der Waals surface area contributed by atoms with Crippen LogP contribution in [0.1, 0.15) is 36.7 Å². The van der Waals surface area contributed by atoms with E-state index in [1.165, 1.54) is 12.1 Å². The Kier molecular flexibility index (Phi) is 5.64. The average Bonchev–Trinajstić information content (AvgIpc) is 2.41. The fourth-order valence-electron chi connectivity index (χ4n) is 1.44. The maximum Gasteiger partial charge on any atom is 0.408 e. The van der Waals surface area contributed by atoms with Crippen molar-refractivity contribution in [2.45, 2.75) is 26.4 Å². The lowest BCUT2D eigenvalue weighted by atomic mass is 10.1. The Labute approximate surface area is 127 Å². The predicted octanol–water partition coefficient (Wildman–Crippen LogP) is 2.28. The second-order valence-corrected chi connectivity index (χ2v) is 5.30. The minimum atomic E-state index is -0.597. The van der Waals surface area contributed by atoms with E-state index in [0.29, 0.717) is 11.8 Å². The number of nitrogens with zero attached hydrogens (tertiary/aromatic N) is 1. The van der Waals surface area contributed by atoms with Crippen LogP contribution in [0.5, 0.6) is 0 Å². The van der Waals surface area contributed by atoms with Gasteiger partial charge in [0.1, 0.15) is 5.60 Å². The molecular weight excluding hydrogens is 288 g/mol. The molecular formula is C15H16N2O5. The van der Waals surface area contributed by atoms with Crippen molar-refractivity contribution in [2.24, 2.45) is 0 Å². The van der Waals surface area contributed by atoms with Crippen LogP contribution in [-0.2, 0) is 4.74 Å². The zero-order valence-corrected chi connectivity index (χ0v) is 12.5. The van der Waals surface area contributed by atoms with E-state index in [9.17, 15) is 19.7 Å². The number of nitro groups is 1. The van der Waals surface area contributed by atoms with Crippen molar-refractivity contribution in [3.63, 3.8) is 0 Å². The molecule has 0 spiro atoms. The minimum Gasteiger partial charge on any atom is -0.444 e. The van der Waals surface area contributed by atoms with Gasteiger partial charge < -0.3 is 10.1 Å². The van der Waals surface area contributed by atoms with Crippen LogP contribution in [0.3, 0.4) is 0 Å². The Hall–Kier alpha value is -2.88. The molecule has 0 aliphatic heterocycles. The quantitative estimate of drug-likeness (QED) is 0.400. The molecule has 1 aromatic rings. The maximum absolute atomic E-state index is 11.4. The third-order valence-electron chi connectivity index (χ3n) is 2.32. The Morgan fingerprint density at radius 3 is 2.68 bits per heavy atom. The number of non-ortho nitro benzene ring substituents is 1. The van der Waals surface area contributed by atoms with Gasteiger partial charge in [-0.3, -0.25) is 14.9 Å². The molecule has 0 aliphatic carbocycles. The Morgan fingerprint density at radius 2 is 2.14 bits per heavy atom. The number of benzene rings is 1. The molecule has 1 rings (SSSR count). The largest absolute Gasteiger partial charge is 0.444 e. The highest BCUT2D eigenvalue weighted by Crippen LogP contribution is 2.15. The first-order chi connectivity index (χ1) is 10.2. The molecule has 22 heavy (non-hydrogen) atoms. The van der Waals surface area contributed by atoms with Crippen LogP contribution < -0.4 is 5.32 Å². The summed E-state index contributed by atoms with van der Waals surface area (Å²) in [5.41, 5.74) is -0.300. The van der Waals surface area contributed by atoms with Gasteiger partial charge in [-0.2, -0.15) is 0 Å². The summed E-state index contributed by atoms with van der Waals surface area (Å²) in [5, 5.41) is 13.1. The van der Waals surface area contributed by atoms with Crippen LogP contribution in [-0.4, -0.2) is 29.4 Å². The molecule has 1 aromatic carbocycles. The zero-order chi connectivity index (χ0) is 16.8. The van der Waals surface area contributed by atoms with Crippen LogP contribution in [0.2, 0.25) is 0 Å². The van der Waals surface area contributed by atoms with Crippen LogP contribution in [0.25, 0.3) is 0 Å². The van der Waals surface area contributed by atoms with Gasteiger partial charge >= 0.3 is 6.09 Å². The van der Waals surface area contributed by atoms with Crippen LogP contribution in [0.15, 0.2) is 18.2 Å². The van der Waals surface area contributed by atoms with Crippen molar-refractivity contribution < 1.29 is 19.2 Å². The van der Waals surface area contributed by atoms with Gasteiger partial charge in [0.25, 0.3) is 5.69 Å². The van der Waals surface area contributed by atoms with E-state index >= 15 is 0 Å². The summed E-state index contributed by atoms with van der Waals surface area (Å²) in [5.74, 6) is 5.33. The first-order valence-corrected chi connectivity index (χ1v) is 6.42. The summed E-state index contributed by atoms with van der Waals surface area (Å²) in [7, 11) is 0. The van der Waals surface area contributed by atoms with E-state index in [4.69, 9.17) is 4.74 Å². The van der Waals surface area contributed by atoms with Crippen LogP contribution >= 0.6 is 0 Å². The summed E-state index contributed by atoms with van der Waals surface area (Å²) < 4.78 is 5.03. The van der Waals surface area contributed by atoms with Gasteiger partial charge in [-0.1, -0.05) is 11.8 Å². The first-order valence-electron chi connectivity index (χ1n) is 6.42. The van der Waals surface area contributed by atoms with E-state index in [-0.39, 0.29) is 17.8 Å². The highest BCUT2D eigenvalue weighted by atomic mass is 16.6. The molecule has 0 unspecified atom stereocenters. The number of aldehydes is 1. The lowest BCUT2D eigenvalue weighted by molar-refractivity contribution is -0.384. The molecule has 1 amide bonds. The van der Waals surface area contributed by atoms with Crippen molar-refractivity contribution in [3.05, 3.63) is 39.4 Å². The molecule has 1 N–H and O–H groups in total. The summed E-state index contributed by atoms with van der Waals surface area (Å²) >= 11 is 0. The highest BCUT2D eigenvalue weighted by Gasteiger charge is 2.15. The monoisotopic (exact) mass is 304 g/mol. The second-order valence-electron chi connectivity index (χ2n) is 5.30. The SMILES string of the molecule is CC(C)(C)OC(=O)NCC#Cc1ccc([N+](=O)[O-])cc1C=O. The van der Waals surface area contributed by atoms with Crippen LogP contribution in [0, 0.1) is 22.0 Å². The van der Waals surface area contributed by atoms with Crippen molar-refractivity contribution in [2.75, 3.05) is 6.54 Å². The van der Waals surface area contributed by atoms with Gasteiger partial charge in [0.05, 0.1) is 11.5 Å². The first kappa shape index (κ1) is 17.2. The van der Waals surface area contributed by atoms with Gasteiger partial charge in [0.15, 0.2) is 6.29 Å². The topological polar surface area (TPSA) is 98.5 Å². The van der Waals surface area contributed by atoms with Gasteiger partial charge in [0.2, 0.25) is 0 Å². The second kappa shape index (κ2) is 7.22. The molecule has 0 aromatic heterocycles. The third kappa shape index (κ3) is 5.63. The normalized spacial score (nSPS) is 10.1. The molecule has 7 heteroatoms. The number of carbonyl (C=O) groups is 2. The van der Waals surface area contributed by atoms with E-state index < -0.39 is 16.6 Å². The third-order valence-corrected chi connectivity index (χ3v) is 2.32. The molecule has 0 aliphatic rings. The number of hydrogen-bond donors (Lipinski definition) is 1. The number of nitro benzene ring substituents is 1. The number of ether oxygens (including phenoxy) is 1. The smallest absolute Gasteiger partial charge is 0.408 e. The Balaban J connectivity index is 2.71. The molecule has 7 nitrogen and oxygen atoms in total. The molecule has 0 heterocycles. The summed E-state index contributed by atoms with van der Waals surface area (Å²) in [4.78, 5) is 32.3. The Morgan fingerprint density at radius 1 is 1.45 bits per heavy atom. The number of nitrogens with one attached hydrogen (secondary N) is 1. The van der Waals surface area contributed by atoms with Crippen molar-refractivity contribution in [1.82, 2.24) is 5.32 Å². The predicted molar refractivity (Wildman–Crippen MR) is 79.6 cm³/mol. The number of alkyl carbamates (subject to hydrolysis) is 1. The average molecular weight is 304 g/mol. The number of amides is 1. The van der Waals surface area contributed by atoms with E-state index in [0.717, 1.165) is 6.07 Å². The lowest BCUT2D eigenvalue weighted by Crippen LogP contribution is -2.32. The lowest BCUT2D eigenvalue weighted by Gasteiger charge is -2.19. The standard InChI is InChI=1S/C15H16N2O5/c1-15(2,3)22-14(19)16-8-4-5-11-6-7-13(17(20)21)9-12(11)10-18/h6-7,9-10H,8H2,1-3H3,(H,16,19). The number of rotatable bonds is 3. The number of hydrogen-bond acceptors (Lipinski definition) is 5. The fourth-order valence-corrected chi connectivity index (χ4v) is 1.44. The molecule has 0 saturated heterocycles. The van der Waals surface area contributed by atoms with Gasteiger partial charge in [-0.25, -0.2) is 4.79 Å². The molecule has 0 fully saturated rings. The summed E-state index contributed by atoms with van der Waals surface area (Å²) in [6.07, 6.45) is -0.0979. The fraction of sp³-hybridized carbons (Fsp3) is 0.333. The van der Waals surface area contributed by atoms with Crippen LogP contribution in [0.4, 0.5) is 10.5 Å².